The summed E-state index contributed by atoms with van der Waals surface area (Å²) >= 11 is 0. The van der Waals surface area contributed by atoms with Crippen molar-refractivity contribution in [3.05, 3.63) is 0 Å². The summed E-state index contributed by atoms with van der Waals surface area (Å²) in [6.45, 7) is 7.96. The first-order valence-corrected chi connectivity index (χ1v) is 4.17. The summed E-state index contributed by atoms with van der Waals surface area (Å²) in [5.41, 5.74) is -0.244. The van der Waals surface area contributed by atoms with Gasteiger partial charge in [0.25, 0.3) is 0 Å². The fraction of sp³-hybridized carbons (Fsp3) is 0.889. The second-order valence-corrected chi connectivity index (χ2v) is 4.29. The van der Waals surface area contributed by atoms with Crippen molar-refractivity contribution >= 4 is 5.78 Å². The van der Waals surface area contributed by atoms with Gasteiger partial charge in [-0.15, -0.1) is 0 Å². The van der Waals surface area contributed by atoms with Crippen LogP contribution in [0.5, 0.6) is 0 Å². The maximum Gasteiger partial charge on any atom is 0.199 e. The first kappa shape index (κ1) is 9.68. The van der Waals surface area contributed by atoms with Crippen LogP contribution in [0.15, 0.2) is 0 Å². The van der Waals surface area contributed by atoms with Crippen molar-refractivity contribution in [2.45, 2.75) is 45.5 Å². The van der Waals surface area contributed by atoms with Crippen LogP contribution in [-0.2, 0) is 14.3 Å². The number of Topliss-reactive ketones (excluding diaryl/α,β-unsaturated/α-hetero) is 1. The molecule has 0 radical (unpaired) electrons. The van der Waals surface area contributed by atoms with Gasteiger partial charge in [-0.05, 0) is 27.7 Å². The molecule has 1 atom stereocenters. The molecule has 0 aliphatic carbocycles. The van der Waals surface area contributed by atoms with Gasteiger partial charge in [0.2, 0.25) is 0 Å². The lowest BCUT2D eigenvalue weighted by Crippen LogP contribution is -2.31. The number of rotatable bonds is 3. The Labute approximate surface area is 73.0 Å². The van der Waals surface area contributed by atoms with Gasteiger partial charge in [0.15, 0.2) is 5.79 Å². The van der Waals surface area contributed by atoms with Crippen LogP contribution in [0.3, 0.4) is 0 Å². The van der Waals surface area contributed by atoms with Crippen molar-refractivity contribution in [3.63, 3.8) is 0 Å². The molecule has 3 nitrogen and oxygen atoms in total. The third kappa shape index (κ3) is 2.91. The zero-order valence-corrected chi connectivity index (χ0v) is 8.14. The Kier molecular flexibility index (Phi) is 2.27. The van der Waals surface area contributed by atoms with Crippen molar-refractivity contribution in [1.82, 2.24) is 0 Å². The smallest absolute Gasteiger partial charge is 0.199 e. The molecule has 70 valence electrons. The third-order valence-electron chi connectivity index (χ3n) is 1.48. The average molecular weight is 172 g/mol. The molecule has 0 aromatic carbocycles. The van der Waals surface area contributed by atoms with Gasteiger partial charge >= 0.3 is 0 Å². The molecule has 1 heterocycles. The predicted molar refractivity (Wildman–Crippen MR) is 44.8 cm³/mol. The van der Waals surface area contributed by atoms with Gasteiger partial charge in [-0.3, -0.25) is 4.79 Å². The molecule has 0 bridgehead atoms. The lowest BCUT2D eigenvalue weighted by molar-refractivity contribution is -0.144. The molecule has 12 heavy (non-hydrogen) atoms. The number of hydrogen-bond acceptors (Lipinski definition) is 3. The molecule has 1 unspecified atom stereocenters. The highest BCUT2D eigenvalue weighted by Crippen LogP contribution is 2.36. The predicted octanol–water partition coefficient (Wildman–Crippen LogP) is 1.51. The number of ether oxygens (including phenoxy) is 2. The standard InChI is InChI=1S/C9H16O3/c1-7(10)5-9(6-11-9)12-8(2,3)4/h5-6H2,1-4H3. The summed E-state index contributed by atoms with van der Waals surface area (Å²) in [5.74, 6) is -0.485. The van der Waals surface area contributed by atoms with Crippen LogP contribution in [0.4, 0.5) is 0 Å². The molecule has 3 heteroatoms. The zero-order chi connectivity index (χ0) is 9.41. The van der Waals surface area contributed by atoms with Crippen LogP contribution in [0, 0.1) is 0 Å². The second-order valence-electron chi connectivity index (χ2n) is 4.29. The Morgan fingerprint density at radius 3 is 2.33 bits per heavy atom. The van der Waals surface area contributed by atoms with Crippen molar-refractivity contribution in [2.24, 2.45) is 0 Å². The Balaban J connectivity index is 2.45. The van der Waals surface area contributed by atoms with Crippen molar-refractivity contribution in [2.75, 3.05) is 6.61 Å². The molecule has 0 spiro atoms. The van der Waals surface area contributed by atoms with E-state index in [1.165, 1.54) is 0 Å². The minimum Gasteiger partial charge on any atom is -0.342 e. The van der Waals surface area contributed by atoms with E-state index in [4.69, 9.17) is 9.47 Å². The number of carbonyl (C=O) groups is 1. The Hall–Kier alpha value is -0.410. The van der Waals surface area contributed by atoms with E-state index in [0.29, 0.717) is 13.0 Å². The van der Waals surface area contributed by atoms with Crippen molar-refractivity contribution in [3.8, 4) is 0 Å². The van der Waals surface area contributed by atoms with E-state index >= 15 is 0 Å². The SMILES string of the molecule is CC(=O)CC1(OC(C)(C)C)CO1. The molecule has 1 fully saturated rings. The summed E-state index contributed by atoms with van der Waals surface area (Å²) in [6.07, 6.45) is 0.365. The summed E-state index contributed by atoms with van der Waals surface area (Å²) in [7, 11) is 0. The highest BCUT2D eigenvalue weighted by atomic mass is 16.8. The quantitative estimate of drug-likeness (QED) is 0.606. The van der Waals surface area contributed by atoms with Gasteiger partial charge in [-0.25, -0.2) is 0 Å². The van der Waals surface area contributed by atoms with Crippen LogP contribution in [-0.4, -0.2) is 23.8 Å². The van der Waals surface area contributed by atoms with Crippen LogP contribution in [0.2, 0.25) is 0 Å². The summed E-state index contributed by atoms with van der Waals surface area (Å²) in [5, 5.41) is 0. The van der Waals surface area contributed by atoms with E-state index in [0.717, 1.165) is 0 Å². The van der Waals surface area contributed by atoms with E-state index in [-0.39, 0.29) is 11.4 Å². The topological polar surface area (TPSA) is 38.8 Å². The van der Waals surface area contributed by atoms with Crippen LogP contribution < -0.4 is 0 Å². The fourth-order valence-corrected chi connectivity index (χ4v) is 1.21. The van der Waals surface area contributed by atoms with Crippen LogP contribution in [0.25, 0.3) is 0 Å². The first-order chi connectivity index (χ1) is 5.33. The minimum atomic E-state index is -0.593. The van der Waals surface area contributed by atoms with Gasteiger partial charge in [0.05, 0.1) is 12.0 Å². The Morgan fingerprint density at radius 2 is 2.08 bits per heavy atom. The summed E-state index contributed by atoms with van der Waals surface area (Å²) in [6, 6.07) is 0. The maximum atomic E-state index is 10.8. The van der Waals surface area contributed by atoms with E-state index in [9.17, 15) is 4.79 Å². The monoisotopic (exact) mass is 172 g/mol. The van der Waals surface area contributed by atoms with Gasteiger partial charge < -0.3 is 9.47 Å². The number of epoxide rings is 1. The van der Waals surface area contributed by atoms with Crippen molar-refractivity contribution in [1.29, 1.82) is 0 Å². The molecule has 0 amide bonds. The molecule has 1 aliphatic rings. The van der Waals surface area contributed by atoms with E-state index in [1.807, 2.05) is 20.8 Å². The van der Waals surface area contributed by atoms with Crippen LogP contribution >= 0.6 is 0 Å². The molecule has 1 saturated heterocycles. The first-order valence-electron chi connectivity index (χ1n) is 4.17. The van der Waals surface area contributed by atoms with Crippen LogP contribution in [0.1, 0.15) is 34.1 Å². The molecule has 0 N–H and O–H groups in total. The summed E-state index contributed by atoms with van der Waals surface area (Å²) < 4.78 is 10.7. The van der Waals surface area contributed by atoms with E-state index in [1.54, 1.807) is 6.92 Å². The normalized spacial score (nSPS) is 28.7. The number of ketones is 1. The third-order valence-corrected chi connectivity index (χ3v) is 1.48. The molecule has 0 aromatic heterocycles. The zero-order valence-electron chi connectivity index (χ0n) is 8.14. The lowest BCUT2D eigenvalue weighted by Gasteiger charge is -2.24. The number of hydrogen-bond donors (Lipinski definition) is 0. The molecule has 1 aliphatic heterocycles. The van der Waals surface area contributed by atoms with E-state index < -0.39 is 5.79 Å². The largest absolute Gasteiger partial charge is 0.342 e. The summed E-state index contributed by atoms with van der Waals surface area (Å²) in [4.78, 5) is 10.8. The lowest BCUT2D eigenvalue weighted by atomic mass is 10.1. The van der Waals surface area contributed by atoms with Gasteiger partial charge in [0.1, 0.15) is 12.4 Å². The van der Waals surface area contributed by atoms with Gasteiger partial charge in [-0.1, -0.05) is 0 Å². The molecular formula is C9H16O3. The minimum absolute atomic E-state index is 0.108. The highest BCUT2D eigenvalue weighted by molar-refractivity contribution is 5.76. The average Bonchev–Trinajstić information content (AvgIpc) is 2.40. The van der Waals surface area contributed by atoms with E-state index in [2.05, 4.69) is 0 Å². The Morgan fingerprint density at radius 1 is 1.58 bits per heavy atom. The Bertz CT molecular complexity index is 186. The van der Waals surface area contributed by atoms with Gasteiger partial charge in [-0.2, -0.15) is 0 Å². The van der Waals surface area contributed by atoms with Crippen molar-refractivity contribution < 1.29 is 14.3 Å². The molecule has 1 rings (SSSR count). The maximum absolute atomic E-state index is 10.8. The highest BCUT2D eigenvalue weighted by Gasteiger charge is 2.49. The van der Waals surface area contributed by atoms with Gasteiger partial charge in [0, 0.05) is 0 Å². The molecule has 0 aromatic rings. The fourth-order valence-electron chi connectivity index (χ4n) is 1.21. The number of carbonyl (C=O) groups excluding carboxylic acids is 1. The second kappa shape index (κ2) is 2.82. The molecule has 0 saturated carbocycles. The molecular weight excluding hydrogens is 156 g/mol.